The number of fused-ring (bicyclic) bond motifs is 1. The molecule has 8 heteroatoms. The van der Waals surface area contributed by atoms with Crippen LogP contribution in [0.4, 0.5) is 5.69 Å². The van der Waals surface area contributed by atoms with Crippen molar-refractivity contribution in [3.63, 3.8) is 0 Å². The van der Waals surface area contributed by atoms with Crippen LogP contribution in [0.3, 0.4) is 0 Å². The quantitative estimate of drug-likeness (QED) is 0.851. The van der Waals surface area contributed by atoms with Gasteiger partial charge in [0.25, 0.3) is 0 Å². The molecular weight excluding hydrogens is 362 g/mol. The van der Waals surface area contributed by atoms with Crippen molar-refractivity contribution in [3.8, 4) is 0 Å². The molecule has 2 aromatic rings. The van der Waals surface area contributed by atoms with Crippen LogP contribution in [0.2, 0.25) is 0 Å². The standard InChI is InChI=1S/C17H21N3O3S.ClH/c1-13(21)19-16-7-8-17(15-6-3-2-5-14(15)16)24(22,23)20-11-4-9-18-10-12-20;/h2-3,5-8,18H,4,9-12H2,1H3,(H,19,21);1H. The Kier molecular flexibility index (Phi) is 6.40. The van der Waals surface area contributed by atoms with E-state index in [0.717, 1.165) is 18.4 Å². The Morgan fingerprint density at radius 1 is 1.08 bits per heavy atom. The van der Waals surface area contributed by atoms with E-state index in [0.29, 0.717) is 30.7 Å². The zero-order valence-electron chi connectivity index (χ0n) is 14.0. The summed E-state index contributed by atoms with van der Waals surface area (Å²) >= 11 is 0. The largest absolute Gasteiger partial charge is 0.326 e. The Bertz CT molecular complexity index is 863. The SMILES string of the molecule is CC(=O)Nc1ccc(S(=O)(=O)N2CCCNCC2)c2ccccc12.Cl. The van der Waals surface area contributed by atoms with Crippen molar-refractivity contribution in [2.75, 3.05) is 31.5 Å². The molecule has 1 heterocycles. The van der Waals surface area contributed by atoms with Crippen LogP contribution in [0.15, 0.2) is 41.3 Å². The van der Waals surface area contributed by atoms with E-state index in [9.17, 15) is 13.2 Å². The van der Waals surface area contributed by atoms with Gasteiger partial charge in [-0.3, -0.25) is 4.79 Å². The normalized spacial score (nSPS) is 16.0. The minimum atomic E-state index is -3.58. The van der Waals surface area contributed by atoms with Gasteiger partial charge in [0.2, 0.25) is 15.9 Å². The maximum atomic E-state index is 13.1. The summed E-state index contributed by atoms with van der Waals surface area (Å²) in [5.74, 6) is -0.186. The van der Waals surface area contributed by atoms with Crippen molar-refractivity contribution in [2.24, 2.45) is 0 Å². The number of hydrogen-bond acceptors (Lipinski definition) is 4. The number of hydrogen-bond donors (Lipinski definition) is 2. The van der Waals surface area contributed by atoms with Crippen LogP contribution >= 0.6 is 12.4 Å². The summed E-state index contributed by atoms with van der Waals surface area (Å²) in [5.41, 5.74) is 0.620. The molecule has 0 saturated carbocycles. The van der Waals surface area contributed by atoms with Crippen LogP contribution in [0.1, 0.15) is 13.3 Å². The van der Waals surface area contributed by atoms with Gasteiger partial charge in [-0.15, -0.1) is 12.4 Å². The highest BCUT2D eigenvalue weighted by Gasteiger charge is 2.27. The number of nitrogens with zero attached hydrogens (tertiary/aromatic N) is 1. The van der Waals surface area contributed by atoms with E-state index < -0.39 is 10.0 Å². The van der Waals surface area contributed by atoms with Crippen LogP contribution in [-0.4, -0.2) is 44.8 Å². The van der Waals surface area contributed by atoms with Crippen LogP contribution in [-0.2, 0) is 14.8 Å². The lowest BCUT2D eigenvalue weighted by molar-refractivity contribution is -0.114. The molecule has 1 aliphatic heterocycles. The molecule has 0 spiro atoms. The smallest absolute Gasteiger partial charge is 0.243 e. The van der Waals surface area contributed by atoms with E-state index in [-0.39, 0.29) is 23.2 Å². The van der Waals surface area contributed by atoms with Gasteiger partial charge in [0.05, 0.1) is 4.90 Å². The number of anilines is 1. The molecule has 0 aromatic heterocycles. The zero-order valence-corrected chi connectivity index (χ0v) is 15.6. The summed E-state index contributed by atoms with van der Waals surface area (Å²) in [6.07, 6.45) is 0.793. The first kappa shape index (κ1) is 19.7. The fourth-order valence-electron chi connectivity index (χ4n) is 3.00. The molecule has 0 unspecified atom stereocenters. The molecule has 0 atom stereocenters. The molecule has 1 saturated heterocycles. The predicted molar refractivity (Wildman–Crippen MR) is 102 cm³/mol. The number of rotatable bonds is 3. The van der Waals surface area contributed by atoms with Crippen molar-refractivity contribution < 1.29 is 13.2 Å². The van der Waals surface area contributed by atoms with E-state index in [1.54, 1.807) is 18.2 Å². The Morgan fingerprint density at radius 3 is 2.52 bits per heavy atom. The molecule has 0 bridgehead atoms. The van der Waals surface area contributed by atoms with E-state index in [4.69, 9.17) is 0 Å². The van der Waals surface area contributed by atoms with E-state index in [1.807, 2.05) is 18.2 Å². The summed E-state index contributed by atoms with van der Waals surface area (Å²) in [4.78, 5) is 11.7. The number of carbonyl (C=O) groups excluding carboxylic acids is 1. The van der Waals surface area contributed by atoms with Crippen molar-refractivity contribution in [1.82, 2.24) is 9.62 Å². The second-order valence-corrected chi connectivity index (χ2v) is 7.75. The minimum absolute atomic E-state index is 0. The number of amides is 1. The van der Waals surface area contributed by atoms with Gasteiger partial charge in [-0.05, 0) is 25.1 Å². The van der Waals surface area contributed by atoms with Crippen molar-refractivity contribution in [2.45, 2.75) is 18.2 Å². The average Bonchev–Trinajstić information content (AvgIpc) is 2.84. The topological polar surface area (TPSA) is 78.5 Å². The molecular formula is C17H22ClN3O3S. The molecule has 136 valence electrons. The number of nitrogens with one attached hydrogen (secondary N) is 2. The maximum absolute atomic E-state index is 13.1. The Balaban J connectivity index is 0.00000225. The van der Waals surface area contributed by atoms with Gasteiger partial charge in [0.15, 0.2) is 0 Å². The van der Waals surface area contributed by atoms with Gasteiger partial charge in [-0.25, -0.2) is 8.42 Å². The second-order valence-electron chi connectivity index (χ2n) is 5.85. The van der Waals surface area contributed by atoms with E-state index >= 15 is 0 Å². The highest BCUT2D eigenvalue weighted by atomic mass is 35.5. The zero-order chi connectivity index (χ0) is 17.2. The molecule has 0 aliphatic carbocycles. The third kappa shape index (κ3) is 4.12. The summed E-state index contributed by atoms with van der Waals surface area (Å²) in [6.45, 7) is 3.89. The van der Waals surface area contributed by atoms with Crippen molar-refractivity contribution >= 4 is 44.8 Å². The van der Waals surface area contributed by atoms with Crippen molar-refractivity contribution in [3.05, 3.63) is 36.4 Å². The van der Waals surface area contributed by atoms with Crippen LogP contribution in [0, 0.1) is 0 Å². The molecule has 1 amide bonds. The molecule has 2 N–H and O–H groups in total. The lowest BCUT2D eigenvalue weighted by Crippen LogP contribution is -2.34. The lowest BCUT2D eigenvalue weighted by Gasteiger charge is -2.21. The molecule has 25 heavy (non-hydrogen) atoms. The second kappa shape index (κ2) is 8.14. The van der Waals surface area contributed by atoms with E-state index in [1.165, 1.54) is 11.2 Å². The average molecular weight is 384 g/mol. The molecule has 6 nitrogen and oxygen atoms in total. The Labute approximate surface area is 154 Å². The van der Waals surface area contributed by atoms with Gasteiger partial charge >= 0.3 is 0 Å². The highest BCUT2D eigenvalue weighted by molar-refractivity contribution is 7.89. The third-order valence-corrected chi connectivity index (χ3v) is 6.07. The van der Waals surface area contributed by atoms with Crippen molar-refractivity contribution in [1.29, 1.82) is 0 Å². The molecule has 0 radical (unpaired) electrons. The third-order valence-electron chi connectivity index (χ3n) is 4.11. The van der Waals surface area contributed by atoms with Crippen LogP contribution in [0.25, 0.3) is 10.8 Å². The minimum Gasteiger partial charge on any atom is -0.326 e. The highest BCUT2D eigenvalue weighted by Crippen LogP contribution is 2.31. The summed E-state index contributed by atoms with van der Waals surface area (Å²) in [7, 11) is -3.58. The van der Waals surface area contributed by atoms with Crippen LogP contribution < -0.4 is 10.6 Å². The Hall–Kier alpha value is -1.67. The van der Waals surface area contributed by atoms with Gasteiger partial charge < -0.3 is 10.6 Å². The molecule has 3 rings (SSSR count). The fourth-order valence-corrected chi connectivity index (χ4v) is 4.67. The summed E-state index contributed by atoms with van der Waals surface area (Å²) in [5, 5.41) is 7.32. The lowest BCUT2D eigenvalue weighted by atomic mass is 10.1. The molecule has 1 aliphatic rings. The van der Waals surface area contributed by atoms with E-state index in [2.05, 4.69) is 10.6 Å². The first-order valence-electron chi connectivity index (χ1n) is 8.00. The summed E-state index contributed by atoms with van der Waals surface area (Å²) < 4.78 is 27.7. The first-order chi connectivity index (χ1) is 11.5. The number of sulfonamides is 1. The monoisotopic (exact) mass is 383 g/mol. The first-order valence-corrected chi connectivity index (χ1v) is 9.44. The number of halogens is 1. The van der Waals surface area contributed by atoms with Crippen LogP contribution in [0.5, 0.6) is 0 Å². The predicted octanol–water partition coefficient (Wildman–Crippen LogP) is 2.20. The van der Waals surface area contributed by atoms with Gasteiger partial charge in [-0.2, -0.15) is 4.31 Å². The molecule has 1 fully saturated rings. The van der Waals surface area contributed by atoms with Gasteiger partial charge in [-0.1, -0.05) is 24.3 Å². The summed E-state index contributed by atoms with van der Waals surface area (Å²) in [6, 6.07) is 10.5. The fraction of sp³-hybridized carbons (Fsp3) is 0.353. The van der Waals surface area contributed by atoms with Gasteiger partial charge in [0, 0.05) is 43.0 Å². The number of carbonyl (C=O) groups is 1. The molecule has 2 aromatic carbocycles. The number of benzene rings is 2. The maximum Gasteiger partial charge on any atom is 0.243 e. The van der Waals surface area contributed by atoms with Gasteiger partial charge in [0.1, 0.15) is 0 Å². The Morgan fingerprint density at radius 2 is 1.80 bits per heavy atom.